The Hall–Kier alpha value is -1.40. The molecule has 118 valence electrons. The molecule has 1 aromatic carbocycles. The van der Waals surface area contributed by atoms with Crippen LogP contribution in [0.3, 0.4) is 0 Å². The van der Waals surface area contributed by atoms with Crippen LogP contribution in [0, 0.1) is 0 Å². The van der Waals surface area contributed by atoms with Gasteiger partial charge in [-0.3, -0.25) is 0 Å². The van der Waals surface area contributed by atoms with E-state index in [0.29, 0.717) is 6.61 Å². The van der Waals surface area contributed by atoms with Crippen molar-refractivity contribution in [2.45, 2.75) is 31.7 Å². The normalized spacial score (nSPS) is 13.2. The lowest BCUT2D eigenvalue weighted by molar-refractivity contribution is 0.182. The van der Waals surface area contributed by atoms with E-state index in [2.05, 4.69) is 30.8 Å². The van der Waals surface area contributed by atoms with Crippen molar-refractivity contribution in [1.82, 2.24) is 0 Å². The highest BCUT2D eigenvalue weighted by atomic mass is 32.2. The molecule has 0 saturated carbocycles. The Labute approximate surface area is 131 Å². The Morgan fingerprint density at radius 3 is 2.71 bits per heavy atom. The van der Waals surface area contributed by atoms with Gasteiger partial charge < -0.3 is 20.6 Å². The summed E-state index contributed by atoms with van der Waals surface area (Å²) >= 11 is 1.68. The van der Waals surface area contributed by atoms with Crippen molar-refractivity contribution in [2.75, 3.05) is 30.9 Å². The molecule has 5 nitrogen and oxygen atoms in total. The summed E-state index contributed by atoms with van der Waals surface area (Å²) in [6.45, 7) is 7.70. The topological polar surface area (TPSA) is 71.1 Å². The average Bonchev–Trinajstić information content (AvgIpc) is 2.48. The van der Waals surface area contributed by atoms with Gasteiger partial charge in [0.1, 0.15) is 0 Å². The highest BCUT2D eigenvalue weighted by molar-refractivity contribution is 7.99. The van der Waals surface area contributed by atoms with E-state index in [-0.39, 0.29) is 11.9 Å². The van der Waals surface area contributed by atoms with Crippen molar-refractivity contribution in [1.29, 1.82) is 0 Å². The second-order valence-electron chi connectivity index (χ2n) is 4.66. The number of benzene rings is 1. The Balaban J connectivity index is 3.35. The van der Waals surface area contributed by atoms with Gasteiger partial charge in [0, 0.05) is 30.3 Å². The molecular formula is C15H25N3O2S. The van der Waals surface area contributed by atoms with Gasteiger partial charge in [-0.25, -0.2) is 0 Å². The summed E-state index contributed by atoms with van der Waals surface area (Å²) in [5.74, 6) is 1.07. The first-order valence-electron chi connectivity index (χ1n) is 7.09. The predicted octanol–water partition coefficient (Wildman–Crippen LogP) is 2.75. The van der Waals surface area contributed by atoms with Crippen LogP contribution < -0.4 is 10.6 Å². The SMILES string of the molecule is CCSc1cccc(N(CC)C(C)COC)c1/C(N)=N/O. The third-order valence-corrected chi connectivity index (χ3v) is 4.20. The van der Waals surface area contributed by atoms with E-state index in [4.69, 9.17) is 15.7 Å². The molecule has 0 aliphatic heterocycles. The van der Waals surface area contributed by atoms with E-state index in [0.717, 1.165) is 28.4 Å². The summed E-state index contributed by atoms with van der Waals surface area (Å²) in [7, 11) is 1.69. The van der Waals surface area contributed by atoms with Gasteiger partial charge in [-0.2, -0.15) is 0 Å². The van der Waals surface area contributed by atoms with E-state index in [1.54, 1.807) is 18.9 Å². The first kappa shape index (κ1) is 17.7. The van der Waals surface area contributed by atoms with Crippen LogP contribution in [0.15, 0.2) is 28.3 Å². The standard InChI is InChI=1S/C15H25N3O2S/c1-5-18(11(3)10-20-4)12-8-7-9-13(21-6-2)14(12)15(16)17-19/h7-9,11,19H,5-6,10H2,1-4H3,(H2,16,17). The second-order valence-corrected chi connectivity index (χ2v) is 5.96. The van der Waals surface area contributed by atoms with Crippen LogP contribution in [0.5, 0.6) is 0 Å². The highest BCUT2D eigenvalue weighted by Crippen LogP contribution is 2.31. The van der Waals surface area contributed by atoms with E-state index in [9.17, 15) is 0 Å². The molecule has 0 fully saturated rings. The van der Waals surface area contributed by atoms with Crippen LogP contribution in [0.4, 0.5) is 5.69 Å². The number of nitrogens with two attached hydrogens (primary N) is 1. The second kappa shape index (κ2) is 8.79. The molecule has 1 aromatic rings. The number of hydrogen-bond donors (Lipinski definition) is 2. The minimum absolute atomic E-state index is 0.143. The third-order valence-electron chi connectivity index (χ3n) is 3.26. The maximum absolute atomic E-state index is 9.11. The minimum Gasteiger partial charge on any atom is -0.409 e. The number of ether oxygens (including phenoxy) is 1. The van der Waals surface area contributed by atoms with Crippen LogP contribution in [0.2, 0.25) is 0 Å². The zero-order chi connectivity index (χ0) is 15.8. The third kappa shape index (κ3) is 4.28. The molecular weight excluding hydrogens is 286 g/mol. The fourth-order valence-corrected chi connectivity index (χ4v) is 3.23. The Morgan fingerprint density at radius 1 is 1.48 bits per heavy atom. The van der Waals surface area contributed by atoms with Crippen molar-refractivity contribution < 1.29 is 9.94 Å². The lowest BCUT2D eigenvalue weighted by Gasteiger charge is -2.32. The van der Waals surface area contributed by atoms with Crippen molar-refractivity contribution in [3.05, 3.63) is 23.8 Å². The van der Waals surface area contributed by atoms with Gasteiger partial charge >= 0.3 is 0 Å². The van der Waals surface area contributed by atoms with Gasteiger partial charge in [0.05, 0.1) is 12.2 Å². The molecule has 1 rings (SSSR count). The van der Waals surface area contributed by atoms with Crippen LogP contribution in [-0.2, 0) is 4.74 Å². The van der Waals surface area contributed by atoms with E-state index in [1.165, 1.54) is 0 Å². The van der Waals surface area contributed by atoms with Crippen molar-refractivity contribution in [2.24, 2.45) is 10.9 Å². The molecule has 0 aliphatic rings. The van der Waals surface area contributed by atoms with Crippen LogP contribution >= 0.6 is 11.8 Å². The van der Waals surface area contributed by atoms with Crippen molar-refractivity contribution in [3.8, 4) is 0 Å². The molecule has 1 unspecified atom stereocenters. The monoisotopic (exact) mass is 311 g/mol. The van der Waals surface area contributed by atoms with Crippen LogP contribution in [-0.4, -0.2) is 43.1 Å². The predicted molar refractivity (Wildman–Crippen MR) is 89.7 cm³/mol. The zero-order valence-corrected chi connectivity index (χ0v) is 14.0. The zero-order valence-electron chi connectivity index (χ0n) is 13.2. The van der Waals surface area contributed by atoms with Crippen LogP contribution in [0.25, 0.3) is 0 Å². The minimum atomic E-state index is 0.143. The van der Waals surface area contributed by atoms with Gasteiger partial charge in [0.2, 0.25) is 0 Å². The van der Waals surface area contributed by atoms with Gasteiger partial charge in [-0.05, 0) is 31.7 Å². The summed E-state index contributed by atoms with van der Waals surface area (Å²) in [6, 6.07) is 6.21. The van der Waals surface area contributed by atoms with E-state index >= 15 is 0 Å². The molecule has 21 heavy (non-hydrogen) atoms. The number of amidine groups is 1. The van der Waals surface area contributed by atoms with Crippen molar-refractivity contribution in [3.63, 3.8) is 0 Å². The molecule has 0 aliphatic carbocycles. The molecule has 6 heteroatoms. The number of hydrogen-bond acceptors (Lipinski definition) is 5. The van der Waals surface area contributed by atoms with E-state index in [1.807, 2.05) is 18.2 Å². The fraction of sp³-hybridized carbons (Fsp3) is 0.533. The van der Waals surface area contributed by atoms with Gasteiger partial charge in [-0.15, -0.1) is 11.8 Å². The number of likely N-dealkylation sites (N-methyl/N-ethyl adjacent to an activating group) is 1. The molecule has 1 atom stereocenters. The lowest BCUT2D eigenvalue weighted by atomic mass is 10.1. The summed E-state index contributed by atoms with van der Waals surface area (Å²) in [5.41, 5.74) is 7.68. The number of oxime groups is 1. The smallest absolute Gasteiger partial charge is 0.173 e. The van der Waals surface area contributed by atoms with Crippen molar-refractivity contribution >= 4 is 23.3 Å². The molecule has 0 bridgehead atoms. The summed E-state index contributed by atoms with van der Waals surface area (Å²) in [5, 5.41) is 12.3. The molecule has 0 heterocycles. The Kier molecular flexibility index (Phi) is 7.39. The molecule has 0 amide bonds. The molecule has 0 saturated heterocycles. The summed E-state index contributed by atoms with van der Waals surface area (Å²) < 4.78 is 5.25. The summed E-state index contributed by atoms with van der Waals surface area (Å²) in [4.78, 5) is 3.23. The number of rotatable bonds is 8. The Bertz CT molecular complexity index is 480. The lowest BCUT2D eigenvalue weighted by Crippen LogP contribution is -2.37. The number of thioether (sulfide) groups is 1. The Morgan fingerprint density at radius 2 is 2.19 bits per heavy atom. The average molecular weight is 311 g/mol. The number of nitrogens with zero attached hydrogens (tertiary/aromatic N) is 2. The molecule has 3 N–H and O–H groups in total. The highest BCUT2D eigenvalue weighted by Gasteiger charge is 2.20. The fourth-order valence-electron chi connectivity index (χ4n) is 2.39. The largest absolute Gasteiger partial charge is 0.409 e. The maximum atomic E-state index is 9.11. The first-order valence-corrected chi connectivity index (χ1v) is 8.08. The van der Waals surface area contributed by atoms with Crippen LogP contribution in [0.1, 0.15) is 26.3 Å². The number of anilines is 1. The summed E-state index contributed by atoms with van der Waals surface area (Å²) in [6.07, 6.45) is 0. The van der Waals surface area contributed by atoms with Gasteiger partial charge in [0.25, 0.3) is 0 Å². The van der Waals surface area contributed by atoms with E-state index < -0.39 is 0 Å². The molecule has 0 aromatic heterocycles. The molecule has 0 radical (unpaired) electrons. The first-order chi connectivity index (χ1) is 10.1. The maximum Gasteiger partial charge on any atom is 0.173 e. The van der Waals surface area contributed by atoms with Gasteiger partial charge in [-0.1, -0.05) is 18.1 Å². The quantitative estimate of drug-likeness (QED) is 0.254. The van der Waals surface area contributed by atoms with Gasteiger partial charge in [0.15, 0.2) is 5.84 Å². The number of methoxy groups -OCH3 is 1. The molecule has 0 spiro atoms.